The van der Waals surface area contributed by atoms with Crippen LogP contribution in [0.3, 0.4) is 0 Å². The first-order valence-corrected chi connectivity index (χ1v) is 5.94. The van der Waals surface area contributed by atoms with E-state index in [9.17, 15) is 4.79 Å². The van der Waals surface area contributed by atoms with Gasteiger partial charge in [0.2, 0.25) is 5.91 Å². The van der Waals surface area contributed by atoms with E-state index >= 15 is 0 Å². The molecule has 0 saturated carbocycles. The number of nitrogens with zero attached hydrogens (tertiary/aromatic N) is 1. The minimum Gasteiger partial charge on any atom is -0.342 e. The summed E-state index contributed by atoms with van der Waals surface area (Å²) < 4.78 is 0. The molecule has 1 unspecified atom stereocenters. The number of nitrogens with one attached hydrogen (secondary N) is 1. The van der Waals surface area contributed by atoms with E-state index in [2.05, 4.69) is 27.7 Å². The molecule has 0 bridgehead atoms. The maximum Gasteiger partial charge on any atom is 0.219 e. The molecule has 0 aromatic rings. The van der Waals surface area contributed by atoms with Crippen LogP contribution in [0, 0.1) is 16.7 Å². The van der Waals surface area contributed by atoms with Crippen LogP contribution in [0.5, 0.6) is 0 Å². The van der Waals surface area contributed by atoms with E-state index in [1.807, 2.05) is 11.8 Å². The van der Waals surface area contributed by atoms with E-state index in [1.165, 1.54) is 0 Å². The summed E-state index contributed by atoms with van der Waals surface area (Å²) in [7, 11) is 0. The zero-order chi connectivity index (χ0) is 12.9. The second-order valence-electron chi connectivity index (χ2n) is 6.14. The maximum absolute atomic E-state index is 10.9. The standard InChI is InChI=1S/C8H14N2O.C5H12/c1-6-5-10(7(2)11)4-3-8(6)9;1-5(2,3)4/h6,9H,3-5H2,1-2H3;1-4H3. The molecule has 0 spiro atoms. The first kappa shape index (κ1) is 15.1. The Morgan fingerprint density at radius 3 is 2.12 bits per heavy atom. The number of hydrogen-bond acceptors (Lipinski definition) is 2. The van der Waals surface area contributed by atoms with E-state index in [1.54, 1.807) is 6.92 Å². The zero-order valence-corrected chi connectivity index (χ0v) is 11.6. The fourth-order valence-electron chi connectivity index (χ4n) is 1.32. The van der Waals surface area contributed by atoms with Crippen molar-refractivity contribution in [2.75, 3.05) is 13.1 Å². The second kappa shape index (κ2) is 6.02. The lowest BCUT2D eigenvalue weighted by atomic mass is 9.98. The van der Waals surface area contributed by atoms with Crippen molar-refractivity contribution in [3.05, 3.63) is 0 Å². The number of hydrogen-bond donors (Lipinski definition) is 1. The average molecular weight is 226 g/mol. The fraction of sp³-hybridized carbons (Fsp3) is 0.846. The van der Waals surface area contributed by atoms with Gasteiger partial charge >= 0.3 is 0 Å². The highest BCUT2D eigenvalue weighted by Gasteiger charge is 2.21. The fourth-order valence-corrected chi connectivity index (χ4v) is 1.32. The van der Waals surface area contributed by atoms with E-state index in [-0.39, 0.29) is 11.8 Å². The highest BCUT2D eigenvalue weighted by atomic mass is 16.2. The van der Waals surface area contributed by atoms with Gasteiger partial charge in [-0.3, -0.25) is 4.79 Å². The first-order valence-electron chi connectivity index (χ1n) is 5.94. The average Bonchev–Trinajstić information content (AvgIpc) is 2.06. The van der Waals surface area contributed by atoms with E-state index in [0.29, 0.717) is 5.41 Å². The predicted molar refractivity (Wildman–Crippen MR) is 68.9 cm³/mol. The Bertz CT molecular complexity index is 247. The number of rotatable bonds is 0. The van der Waals surface area contributed by atoms with Crippen molar-refractivity contribution in [2.24, 2.45) is 11.3 Å². The zero-order valence-electron chi connectivity index (χ0n) is 11.6. The van der Waals surface area contributed by atoms with Crippen molar-refractivity contribution in [3.8, 4) is 0 Å². The number of piperidine rings is 1. The van der Waals surface area contributed by atoms with E-state index in [4.69, 9.17) is 5.41 Å². The molecule has 1 N–H and O–H groups in total. The Morgan fingerprint density at radius 2 is 1.81 bits per heavy atom. The lowest BCUT2D eigenvalue weighted by molar-refractivity contribution is -0.129. The molecule has 1 aliphatic heterocycles. The third kappa shape index (κ3) is 7.43. The summed E-state index contributed by atoms with van der Waals surface area (Å²) in [6.45, 7) is 13.8. The third-order valence-electron chi connectivity index (χ3n) is 2.19. The quantitative estimate of drug-likeness (QED) is 0.678. The van der Waals surface area contributed by atoms with Crippen LogP contribution in [0.1, 0.15) is 48.0 Å². The van der Waals surface area contributed by atoms with Crippen LogP contribution in [0.4, 0.5) is 0 Å². The topological polar surface area (TPSA) is 44.2 Å². The predicted octanol–water partition coefficient (Wildman–Crippen LogP) is 2.95. The lowest BCUT2D eigenvalue weighted by Gasteiger charge is -2.30. The Labute approximate surface area is 99.7 Å². The highest BCUT2D eigenvalue weighted by Crippen LogP contribution is 2.12. The van der Waals surface area contributed by atoms with Gasteiger partial charge in [0.25, 0.3) is 0 Å². The summed E-state index contributed by atoms with van der Waals surface area (Å²) in [5.41, 5.74) is 1.28. The van der Waals surface area contributed by atoms with Crippen molar-refractivity contribution in [3.63, 3.8) is 0 Å². The van der Waals surface area contributed by atoms with Crippen LogP contribution in [0.25, 0.3) is 0 Å². The molecule has 0 aliphatic carbocycles. The maximum atomic E-state index is 10.9. The van der Waals surface area contributed by atoms with Crippen LogP contribution < -0.4 is 0 Å². The molecule has 1 amide bonds. The molecule has 1 rings (SSSR count). The number of amides is 1. The second-order valence-corrected chi connectivity index (χ2v) is 6.14. The minimum atomic E-state index is 0.129. The van der Waals surface area contributed by atoms with Crippen molar-refractivity contribution in [1.82, 2.24) is 4.90 Å². The Balaban J connectivity index is 0.000000385. The van der Waals surface area contributed by atoms with Gasteiger partial charge in [-0.25, -0.2) is 0 Å². The molecule has 0 aromatic heterocycles. The largest absolute Gasteiger partial charge is 0.342 e. The van der Waals surface area contributed by atoms with Crippen LogP contribution in [0.15, 0.2) is 0 Å². The first-order chi connectivity index (χ1) is 7.11. The van der Waals surface area contributed by atoms with Crippen molar-refractivity contribution in [2.45, 2.75) is 48.0 Å². The van der Waals surface area contributed by atoms with Gasteiger partial charge < -0.3 is 10.3 Å². The molecule has 16 heavy (non-hydrogen) atoms. The molecule has 0 radical (unpaired) electrons. The van der Waals surface area contributed by atoms with Gasteiger partial charge in [-0.2, -0.15) is 0 Å². The van der Waals surface area contributed by atoms with Gasteiger partial charge in [0.15, 0.2) is 0 Å². The van der Waals surface area contributed by atoms with Gasteiger partial charge in [0.05, 0.1) is 0 Å². The summed E-state index contributed by atoms with van der Waals surface area (Å²) in [5.74, 6) is 0.386. The molecule has 3 nitrogen and oxygen atoms in total. The molecule has 94 valence electrons. The van der Waals surface area contributed by atoms with Gasteiger partial charge in [-0.05, 0) is 5.41 Å². The highest BCUT2D eigenvalue weighted by molar-refractivity contribution is 5.86. The summed E-state index contributed by atoms with van der Waals surface area (Å²) in [5, 5.41) is 7.49. The van der Waals surface area contributed by atoms with Crippen LogP contribution in [0.2, 0.25) is 0 Å². The molecular weight excluding hydrogens is 200 g/mol. The minimum absolute atomic E-state index is 0.129. The molecule has 1 saturated heterocycles. The number of carbonyl (C=O) groups is 1. The lowest BCUT2D eigenvalue weighted by Crippen LogP contribution is -2.41. The monoisotopic (exact) mass is 226 g/mol. The van der Waals surface area contributed by atoms with Crippen molar-refractivity contribution in [1.29, 1.82) is 5.41 Å². The van der Waals surface area contributed by atoms with Crippen molar-refractivity contribution < 1.29 is 4.79 Å². The molecule has 1 heterocycles. The van der Waals surface area contributed by atoms with Gasteiger partial charge in [0.1, 0.15) is 0 Å². The van der Waals surface area contributed by atoms with Gasteiger partial charge in [-0.1, -0.05) is 34.6 Å². The van der Waals surface area contributed by atoms with Crippen LogP contribution >= 0.6 is 0 Å². The molecule has 0 aromatic carbocycles. The Kier molecular flexibility index (Phi) is 5.70. The van der Waals surface area contributed by atoms with Gasteiger partial charge in [-0.15, -0.1) is 0 Å². The van der Waals surface area contributed by atoms with Crippen molar-refractivity contribution >= 4 is 11.6 Å². The third-order valence-corrected chi connectivity index (χ3v) is 2.19. The summed E-state index contributed by atoms with van der Waals surface area (Å²) >= 11 is 0. The van der Waals surface area contributed by atoms with Crippen LogP contribution in [-0.4, -0.2) is 29.6 Å². The Hall–Kier alpha value is -0.860. The summed E-state index contributed by atoms with van der Waals surface area (Å²) in [6.07, 6.45) is 0.751. The molecule has 3 heteroatoms. The number of likely N-dealkylation sites (tertiary alicyclic amines) is 1. The van der Waals surface area contributed by atoms with Crippen LogP contribution in [-0.2, 0) is 4.79 Å². The summed E-state index contributed by atoms with van der Waals surface area (Å²) in [4.78, 5) is 12.7. The molecular formula is C13H26N2O. The smallest absolute Gasteiger partial charge is 0.219 e. The van der Waals surface area contributed by atoms with E-state index in [0.717, 1.165) is 25.2 Å². The Morgan fingerprint density at radius 1 is 1.38 bits per heavy atom. The SMILES string of the molecule is CC(=O)N1CCC(=N)C(C)C1.CC(C)(C)C. The summed E-state index contributed by atoms with van der Waals surface area (Å²) in [6, 6.07) is 0. The van der Waals surface area contributed by atoms with Gasteiger partial charge in [0, 0.05) is 38.1 Å². The molecule has 1 aliphatic rings. The van der Waals surface area contributed by atoms with E-state index < -0.39 is 0 Å². The molecule has 1 fully saturated rings. The molecule has 1 atom stereocenters. The normalized spacial score (nSPS) is 21.2. The number of carbonyl (C=O) groups excluding carboxylic acids is 1.